The molecule has 0 saturated heterocycles. The van der Waals surface area contributed by atoms with Crippen molar-refractivity contribution in [3.05, 3.63) is 11.6 Å². The fourth-order valence-electron chi connectivity index (χ4n) is 1.96. The third-order valence-corrected chi connectivity index (χ3v) is 3.11. The number of carbonyl (C=O) groups is 2. The van der Waals surface area contributed by atoms with Crippen molar-refractivity contribution in [2.24, 2.45) is 17.3 Å². The lowest BCUT2D eigenvalue weighted by atomic mass is 10.1. The number of ether oxygens (including phenoxy) is 1. The molecule has 0 spiro atoms. The summed E-state index contributed by atoms with van der Waals surface area (Å²) in [5.41, 5.74) is 0.209. The van der Waals surface area contributed by atoms with Crippen LogP contribution >= 0.6 is 0 Å². The number of carboxylic acids is 1. The van der Waals surface area contributed by atoms with Gasteiger partial charge in [-0.2, -0.15) is 0 Å². The molecule has 0 aliphatic heterocycles. The number of rotatable bonds is 3. The molecule has 0 amide bonds. The van der Waals surface area contributed by atoms with Gasteiger partial charge in [-0.1, -0.05) is 19.9 Å². The molecule has 2 atom stereocenters. The van der Waals surface area contributed by atoms with Gasteiger partial charge in [0.05, 0.1) is 13.0 Å². The Morgan fingerprint density at radius 3 is 2.27 bits per heavy atom. The Balaban J connectivity index is 2.78. The number of hydrogen-bond acceptors (Lipinski definition) is 3. The molecule has 0 radical (unpaired) electrons. The average molecular weight is 212 g/mol. The van der Waals surface area contributed by atoms with Crippen molar-refractivity contribution in [1.29, 1.82) is 0 Å². The maximum Gasteiger partial charge on any atom is 0.333 e. The number of esters is 1. The molecule has 0 aromatic carbocycles. The quantitative estimate of drug-likeness (QED) is 0.568. The molecule has 0 bridgehead atoms. The molecular weight excluding hydrogens is 196 g/mol. The van der Waals surface area contributed by atoms with E-state index in [4.69, 9.17) is 5.11 Å². The van der Waals surface area contributed by atoms with E-state index in [2.05, 4.69) is 4.74 Å². The molecular formula is C11H16O4. The Morgan fingerprint density at radius 2 is 1.93 bits per heavy atom. The number of allylic oxidation sites excluding steroid dienone is 1. The van der Waals surface area contributed by atoms with Crippen LogP contribution < -0.4 is 0 Å². The Labute approximate surface area is 88.9 Å². The zero-order valence-electron chi connectivity index (χ0n) is 9.40. The van der Waals surface area contributed by atoms with E-state index in [1.165, 1.54) is 7.11 Å². The summed E-state index contributed by atoms with van der Waals surface area (Å²) in [6, 6.07) is 0. The second kappa shape index (κ2) is 3.68. The summed E-state index contributed by atoms with van der Waals surface area (Å²) < 4.78 is 4.55. The van der Waals surface area contributed by atoms with Gasteiger partial charge in [-0.3, -0.25) is 4.79 Å². The Bertz CT molecular complexity index is 327. The van der Waals surface area contributed by atoms with Crippen LogP contribution in [0.1, 0.15) is 20.8 Å². The monoisotopic (exact) mass is 212 g/mol. The summed E-state index contributed by atoms with van der Waals surface area (Å²) in [5, 5.41) is 8.92. The average Bonchev–Trinajstić information content (AvgIpc) is 2.66. The predicted octanol–water partition coefficient (Wildman–Crippen LogP) is 1.46. The normalized spacial score (nSPS) is 28.4. The highest BCUT2D eigenvalue weighted by atomic mass is 16.5. The fourth-order valence-corrected chi connectivity index (χ4v) is 1.96. The van der Waals surface area contributed by atoms with Crippen LogP contribution in [0.5, 0.6) is 0 Å². The van der Waals surface area contributed by atoms with Gasteiger partial charge in [-0.25, -0.2) is 4.79 Å². The zero-order valence-corrected chi connectivity index (χ0v) is 9.40. The van der Waals surface area contributed by atoms with Crippen LogP contribution in [0, 0.1) is 17.3 Å². The molecule has 4 heteroatoms. The maximum absolute atomic E-state index is 11.1. The number of carbonyl (C=O) groups excluding carboxylic acids is 1. The molecule has 1 saturated carbocycles. The number of aliphatic carboxylic acids is 1. The molecule has 0 aromatic heterocycles. The first-order valence-electron chi connectivity index (χ1n) is 4.82. The van der Waals surface area contributed by atoms with Crippen LogP contribution in [-0.4, -0.2) is 24.2 Å². The fraction of sp³-hybridized carbons (Fsp3) is 0.636. The van der Waals surface area contributed by atoms with Gasteiger partial charge in [0.25, 0.3) is 0 Å². The first kappa shape index (κ1) is 11.8. The van der Waals surface area contributed by atoms with Gasteiger partial charge in [-0.15, -0.1) is 0 Å². The van der Waals surface area contributed by atoms with Crippen molar-refractivity contribution < 1.29 is 19.4 Å². The Hall–Kier alpha value is -1.32. The smallest absolute Gasteiger partial charge is 0.333 e. The molecule has 84 valence electrons. The SMILES string of the molecule is COC(=O)C(C)=CC1[C@@H](C(=O)O)C1(C)C. The molecule has 1 N–H and O–H groups in total. The van der Waals surface area contributed by atoms with E-state index < -0.39 is 17.9 Å². The van der Waals surface area contributed by atoms with E-state index in [0.717, 1.165) is 0 Å². The van der Waals surface area contributed by atoms with E-state index in [9.17, 15) is 9.59 Å². The minimum Gasteiger partial charge on any atom is -0.481 e. The second-order valence-electron chi connectivity index (χ2n) is 4.50. The zero-order chi connectivity index (χ0) is 11.8. The topological polar surface area (TPSA) is 63.6 Å². The molecule has 4 nitrogen and oxygen atoms in total. The van der Waals surface area contributed by atoms with Gasteiger partial charge in [-0.05, 0) is 18.3 Å². The lowest BCUT2D eigenvalue weighted by Gasteiger charge is -1.99. The van der Waals surface area contributed by atoms with Crippen molar-refractivity contribution in [3.8, 4) is 0 Å². The molecule has 1 rings (SSSR count). The third kappa shape index (κ3) is 2.03. The van der Waals surface area contributed by atoms with E-state index >= 15 is 0 Å². The highest BCUT2D eigenvalue weighted by Crippen LogP contribution is 2.59. The number of carboxylic acid groups (broad SMARTS) is 1. The van der Waals surface area contributed by atoms with Gasteiger partial charge in [0.1, 0.15) is 0 Å². The maximum atomic E-state index is 11.1. The third-order valence-electron chi connectivity index (χ3n) is 3.11. The molecule has 1 aliphatic rings. The standard InChI is InChI=1S/C11H16O4/c1-6(10(14)15-4)5-7-8(9(12)13)11(7,2)3/h5,7-8H,1-4H3,(H,12,13)/t7?,8-/m0/s1. The van der Waals surface area contributed by atoms with Gasteiger partial charge in [0.15, 0.2) is 0 Å². The van der Waals surface area contributed by atoms with Gasteiger partial charge >= 0.3 is 11.9 Å². The second-order valence-corrected chi connectivity index (χ2v) is 4.50. The largest absolute Gasteiger partial charge is 0.481 e. The van der Waals surface area contributed by atoms with Crippen LogP contribution in [0.3, 0.4) is 0 Å². The molecule has 0 heterocycles. The summed E-state index contributed by atoms with van der Waals surface area (Å²) in [5.74, 6) is -1.67. The Kier molecular flexibility index (Phi) is 2.88. The minimum absolute atomic E-state index is 0.0749. The van der Waals surface area contributed by atoms with Crippen LogP contribution in [0.2, 0.25) is 0 Å². The summed E-state index contributed by atoms with van der Waals surface area (Å²) >= 11 is 0. The predicted molar refractivity (Wildman–Crippen MR) is 54.2 cm³/mol. The van der Waals surface area contributed by atoms with Crippen LogP contribution in [-0.2, 0) is 14.3 Å². The highest BCUT2D eigenvalue weighted by Gasteiger charge is 2.61. The molecule has 1 unspecified atom stereocenters. The number of hydrogen-bond donors (Lipinski definition) is 1. The van der Waals surface area contributed by atoms with Gasteiger partial charge in [0, 0.05) is 5.57 Å². The van der Waals surface area contributed by atoms with Gasteiger partial charge in [0.2, 0.25) is 0 Å². The van der Waals surface area contributed by atoms with Crippen molar-refractivity contribution in [1.82, 2.24) is 0 Å². The minimum atomic E-state index is -0.807. The van der Waals surface area contributed by atoms with Crippen LogP contribution in [0.15, 0.2) is 11.6 Å². The molecule has 15 heavy (non-hydrogen) atoms. The van der Waals surface area contributed by atoms with Crippen molar-refractivity contribution >= 4 is 11.9 Å². The summed E-state index contributed by atoms with van der Waals surface area (Å²) in [4.78, 5) is 22.0. The first-order valence-corrected chi connectivity index (χ1v) is 4.82. The van der Waals surface area contributed by atoms with Crippen LogP contribution in [0.25, 0.3) is 0 Å². The first-order chi connectivity index (χ1) is 6.82. The molecule has 1 fully saturated rings. The molecule has 1 aliphatic carbocycles. The lowest BCUT2D eigenvalue weighted by molar-refractivity contribution is -0.139. The number of methoxy groups -OCH3 is 1. The van der Waals surface area contributed by atoms with E-state index in [-0.39, 0.29) is 11.3 Å². The van der Waals surface area contributed by atoms with Crippen molar-refractivity contribution in [3.63, 3.8) is 0 Å². The summed E-state index contributed by atoms with van der Waals surface area (Å²) in [7, 11) is 1.31. The van der Waals surface area contributed by atoms with Crippen LogP contribution in [0.4, 0.5) is 0 Å². The van der Waals surface area contributed by atoms with Gasteiger partial charge < -0.3 is 9.84 Å². The van der Waals surface area contributed by atoms with E-state index in [0.29, 0.717) is 5.57 Å². The van der Waals surface area contributed by atoms with Crippen molar-refractivity contribution in [2.75, 3.05) is 7.11 Å². The molecule has 0 aromatic rings. The van der Waals surface area contributed by atoms with E-state index in [1.807, 2.05) is 13.8 Å². The Morgan fingerprint density at radius 1 is 1.40 bits per heavy atom. The van der Waals surface area contributed by atoms with E-state index in [1.54, 1.807) is 13.0 Å². The van der Waals surface area contributed by atoms with Crippen molar-refractivity contribution in [2.45, 2.75) is 20.8 Å². The lowest BCUT2D eigenvalue weighted by Crippen LogP contribution is -2.03. The highest BCUT2D eigenvalue weighted by molar-refractivity contribution is 5.88. The summed E-state index contributed by atoms with van der Waals surface area (Å²) in [6.45, 7) is 5.41. The summed E-state index contributed by atoms with van der Waals surface area (Å²) in [6.07, 6.45) is 1.70.